The van der Waals surface area contributed by atoms with Crippen LogP contribution in [0.3, 0.4) is 0 Å². The molecular weight excluding hydrogens is 182 g/mol. The molecule has 0 atom stereocenters. The number of oxazole rings is 1. The maximum Gasteiger partial charge on any atom is 0.375 e. The molecule has 1 aromatic rings. The van der Waals surface area contributed by atoms with Gasteiger partial charge in [0.05, 0.1) is 18.7 Å². The molecule has 0 spiro atoms. The molecule has 1 heterocycles. The van der Waals surface area contributed by atoms with Gasteiger partial charge in [-0.05, 0) is 6.92 Å². The van der Waals surface area contributed by atoms with Gasteiger partial charge in [-0.15, -0.1) is 11.6 Å². The van der Waals surface area contributed by atoms with Gasteiger partial charge in [0.15, 0.2) is 0 Å². The molecule has 66 valence electrons. The quantitative estimate of drug-likeness (QED) is 0.535. The first-order chi connectivity index (χ1) is 5.77. The van der Waals surface area contributed by atoms with Gasteiger partial charge in [0.1, 0.15) is 0 Å². The van der Waals surface area contributed by atoms with Gasteiger partial charge in [-0.3, -0.25) is 0 Å². The van der Waals surface area contributed by atoms with Crippen LogP contribution in [0.4, 0.5) is 0 Å². The van der Waals surface area contributed by atoms with E-state index in [0.29, 0.717) is 12.5 Å². The second-order valence-corrected chi connectivity index (χ2v) is 2.24. The third-order valence-electron chi connectivity index (χ3n) is 1.14. The number of ether oxygens (including phenoxy) is 1. The third kappa shape index (κ3) is 1.98. The lowest BCUT2D eigenvalue weighted by molar-refractivity contribution is 0.0488. The number of rotatable bonds is 3. The van der Waals surface area contributed by atoms with Crippen LogP contribution in [0.25, 0.3) is 0 Å². The Labute approximate surface area is 74.5 Å². The first-order valence-electron chi connectivity index (χ1n) is 3.45. The Morgan fingerprint density at radius 3 is 3.08 bits per heavy atom. The highest BCUT2D eigenvalue weighted by Gasteiger charge is 2.12. The van der Waals surface area contributed by atoms with Crippen LogP contribution in [0.5, 0.6) is 0 Å². The fraction of sp³-hybridized carbons (Fsp3) is 0.429. The van der Waals surface area contributed by atoms with Crippen LogP contribution in [0.1, 0.15) is 23.4 Å². The van der Waals surface area contributed by atoms with Gasteiger partial charge < -0.3 is 9.15 Å². The molecular formula is C7H8ClNO3. The van der Waals surface area contributed by atoms with Gasteiger partial charge in [-0.25, -0.2) is 9.78 Å². The molecule has 0 aliphatic heterocycles. The summed E-state index contributed by atoms with van der Waals surface area (Å²) in [5, 5.41) is 0. The van der Waals surface area contributed by atoms with Crippen LogP contribution >= 0.6 is 11.6 Å². The molecule has 0 amide bonds. The highest BCUT2D eigenvalue weighted by Crippen LogP contribution is 2.07. The lowest BCUT2D eigenvalue weighted by Gasteiger charge is -1.95. The topological polar surface area (TPSA) is 52.3 Å². The summed E-state index contributed by atoms with van der Waals surface area (Å²) in [4.78, 5) is 14.7. The number of carbonyl (C=O) groups excluding carboxylic acids is 1. The van der Waals surface area contributed by atoms with Crippen molar-refractivity contribution in [2.75, 3.05) is 6.61 Å². The van der Waals surface area contributed by atoms with Crippen LogP contribution in [0, 0.1) is 0 Å². The minimum Gasteiger partial charge on any atom is -0.460 e. The Morgan fingerprint density at radius 1 is 1.83 bits per heavy atom. The summed E-state index contributed by atoms with van der Waals surface area (Å²) in [6.45, 7) is 2.03. The predicted molar refractivity (Wildman–Crippen MR) is 42.0 cm³/mol. The molecule has 1 rings (SSSR count). The second kappa shape index (κ2) is 4.11. The molecule has 0 aliphatic rings. The van der Waals surface area contributed by atoms with E-state index >= 15 is 0 Å². The van der Waals surface area contributed by atoms with Crippen molar-refractivity contribution in [2.45, 2.75) is 12.8 Å². The molecule has 0 saturated heterocycles. The third-order valence-corrected chi connectivity index (χ3v) is 1.37. The van der Waals surface area contributed by atoms with Crippen molar-refractivity contribution >= 4 is 17.6 Å². The van der Waals surface area contributed by atoms with Crippen LogP contribution in [-0.2, 0) is 10.6 Å². The van der Waals surface area contributed by atoms with Crippen molar-refractivity contribution in [1.29, 1.82) is 0 Å². The molecule has 0 N–H and O–H groups in total. The van der Waals surface area contributed by atoms with E-state index in [4.69, 9.17) is 16.0 Å². The molecule has 0 radical (unpaired) electrons. The SMILES string of the molecule is CCOC(=O)c1cnc(CCl)o1. The Balaban J connectivity index is 2.68. The average molecular weight is 190 g/mol. The molecule has 0 aliphatic carbocycles. The minimum atomic E-state index is -0.513. The maximum atomic E-state index is 11.0. The normalized spacial score (nSPS) is 9.83. The fourth-order valence-electron chi connectivity index (χ4n) is 0.669. The fourth-order valence-corrected chi connectivity index (χ4v) is 0.792. The molecule has 12 heavy (non-hydrogen) atoms. The Bertz CT molecular complexity index is 271. The molecule has 4 nitrogen and oxygen atoms in total. The summed E-state index contributed by atoms with van der Waals surface area (Å²) in [6, 6.07) is 0. The van der Waals surface area contributed by atoms with E-state index in [1.807, 2.05) is 0 Å². The number of hydrogen-bond acceptors (Lipinski definition) is 4. The van der Waals surface area contributed by atoms with E-state index in [1.165, 1.54) is 6.20 Å². The Hall–Kier alpha value is -1.03. The van der Waals surface area contributed by atoms with Crippen LogP contribution in [0.15, 0.2) is 10.6 Å². The second-order valence-electron chi connectivity index (χ2n) is 1.97. The van der Waals surface area contributed by atoms with Gasteiger partial charge in [0.2, 0.25) is 11.7 Å². The van der Waals surface area contributed by atoms with E-state index in [2.05, 4.69) is 9.72 Å². The zero-order valence-electron chi connectivity index (χ0n) is 6.54. The van der Waals surface area contributed by atoms with Crippen molar-refractivity contribution in [3.8, 4) is 0 Å². The summed E-state index contributed by atoms with van der Waals surface area (Å²) >= 11 is 5.41. The molecule has 0 saturated carbocycles. The summed E-state index contributed by atoms with van der Waals surface area (Å²) in [7, 11) is 0. The minimum absolute atomic E-state index is 0.0903. The maximum absolute atomic E-state index is 11.0. The van der Waals surface area contributed by atoms with Crippen LogP contribution in [0.2, 0.25) is 0 Å². The van der Waals surface area contributed by atoms with Crippen LogP contribution < -0.4 is 0 Å². The van der Waals surface area contributed by atoms with E-state index in [1.54, 1.807) is 6.92 Å². The van der Waals surface area contributed by atoms with E-state index in [9.17, 15) is 4.79 Å². The predicted octanol–water partition coefficient (Wildman–Crippen LogP) is 1.59. The number of carbonyl (C=O) groups is 1. The number of hydrogen-bond donors (Lipinski definition) is 0. The van der Waals surface area contributed by atoms with Crippen LogP contribution in [-0.4, -0.2) is 17.6 Å². The number of halogens is 1. The van der Waals surface area contributed by atoms with Gasteiger partial charge in [-0.1, -0.05) is 0 Å². The first kappa shape index (κ1) is 9.06. The van der Waals surface area contributed by atoms with Gasteiger partial charge >= 0.3 is 5.97 Å². The zero-order chi connectivity index (χ0) is 8.97. The smallest absolute Gasteiger partial charge is 0.375 e. The largest absolute Gasteiger partial charge is 0.460 e. The molecule has 0 bridgehead atoms. The van der Waals surface area contributed by atoms with Gasteiger partial charge in [0, 0.05) is 0 Å². The van der Waals surface area contributed by atoms with Crippen molar-refractivity contribution in [2.24, 2.45) is 0 Å². The lowest BCUT2D eigenvalue weighted by Crippen LogP contribution is -2.02. The Kier molecular flexibility index (Phi) is 3.10. The monoisotopic (exact) mass is 189 g/mol. The average Bonchev–Trinajstić information content (AvgIpc) is 2.52. The lowest BCUT2D eigenvalue weighted by atomic mass is 10.5. The summed E-state index contributed by atoms with van der Waals surface area (Å²) in [5.41, 5.74) is 0. The molecule has 1 aromatic heterocycles. The summed E-state index contributed by atoms with van der Waals surface area (Å²) in [6.07, 6.45) is 1.30. The Morgan fingerprint density at radius 2 is 2.58 bits per heavy atom. The van der Waals surface area contributed by atoms with Gasteiger partial charge in [0.25, 0.3) is 0 Å². The summed E-state index contributed by atoms with van der Waals surface area (Å²) < 4.78 is 9.60. The van der Waals surface area contributed by atoms with E-state index < -0.39 is 5.97 Å². The highest BCUT2D eigenvalue weighted by molar-refractivity contribution is 6.16. The van der Waals surface area contributed by atoms with Gasteiger partial charge in [-0.2, -0.15) is 0 Å². The number of alkyl halides is 1. The van der Waals surface area contributed by atoms with Crippen molar-refractivity contribution in [1.82, 2.24) is 4.98 Å². The van der Waals surface area contributed by atoms with E-state index in [-0.39, 0.29) is 11.6 Å². The number of aromatic nitrogens is 1. The molecule has 5 heteroatoms. The van der Waals surface area contributed by atoms with Crippen molar-refractivity contribution in [3.05, 3.63) is 17.8 Å². The summed E-state index contributed by atoms with van der Waals surface area (Å²) in [5.74, 6) is 0.0490. The highest BCUT2D eigenvalue weighted by atomic mass is 35.5. The molecule has 0 fully saturated rings. The van der Waals surface area contributed by atoms with Crippen molar-refractivity contribution < 1.29 is 13.9 Å². The first-order valence-corrected chi connectivity index (χ1v) is 3.99. The molecule has 0 unspecified atom stereocenters. The zero-order valence-corrected chi connectivity index (χ0v) is 7.30. The standard InChI is InChI=1S/C7H8ClNO3/c1-2-11-7(10)5-4-9-6(3-8)12-5/h4H,2-3H2,1H3. The number of esters is 1. The number of nitrogens with zero attached hydrogens (tertiary/aromatic N) is 1. The molecule has 0 aromatic carbocycles. The van der Waals surface area contributed by atoms with Crippen molar-refractivity contribution in [3.63, 3.8) is 0 Å². The van der Waals surface area contributed by atoms with E-state index in [0.717, 1.165) is 0 Å².